The van der Waals surface area contributed by atoms with Crippen molar-refractivity contribution < 1.29 is 18.8 Å². The average Bonchev–Trinajstić information content (AvgIpc) is 2.91. The van der Waals surface area contributed by atoms with Crippen molar-refractivity contribution in [3.05, 3.63) is 52.4 Å². The zero-order chi connectivity index (χ0) is 16.1. The van der Waals surface area contributed by atoms with Gasteiger partial charge in [0.2, 0.25) is 5.76 Å². The zero-order valence-corrected chi connectivity index (χ0v) is 12.9. The first kappa shape index (κ1) is 16.0. The predicted octanol–water partition coefficient (Wildman–Crippen LogP) is 2.67. The largest absolute Gasteiger partial charge is 0.450 e. The number of esters is 1. The lowest BCUT2D eigenvalue weighted by Crippen LogP contribution is -2.31. The van der Waals surface area contributed by atoms with E-state index in [1.165, 1.54) is 6.07 Å². The van der Waals surface area contributed by atoms with Crippen molar-refractivity contribution in [1.29, 1.82) is 0 Å². The minimum atomic E-state index is -0.730. The molecule has 6 nitrogen and oxygen atoms in total. The fourth-order valence-electron chi connectivity index (χ4n) is 1.80. The average molecular weight is 323 g/mol. The number of aryl methyl sites for hydroxylation is 1. The number of rotatable bonds is 5. The highest BCUT2D eigenvalue weighted by atomic mass is 35.5. The van der Waals surface area contributed by atoms with E-state index in [0.717, 1.165) is 5.56 Å². The van der Waals surface area contributed by atoms with Gasteiger partial charge in [-0.3, -0.25) is 4.79 Å². The molecule has 1 aromatic carbocycles. The lowest BCUT2D eigenvalue weighted by Gasteiger charge is -2.14. The summed E-state index contributed by atoms with van der Waals surface area (Å²) in [7, 11) is 0. The Morgan fingerprint density at radius 1 is 1.41 bits per heavy atom. The van der Waals surface area contributed by atoms with Crippen LogP contribution in [-0.2, 0) is 9.53 Å². The standard InChI is InChI=1S/C15H15ClN2O4/c1-9-6-13(22-18-9)15(20)21-8-14(19)17-10(2)11-4-3-5-12(16)7-11/h3-7,10H,8H2,1-2H3,(H,17,19)/t10-/m0/s1. The molecule has 0 aliphatic rings. The molecule has 0 aliphatic carbocycles. The Morgan fingerprint density at radius 2 is 2.18 bits per heavy atom. The molecular formula is C15H15ClN2O4. The SMILES string of the molecule is Cc1cc(C(=O)OCC(=O)N[C@@H](C)c2cccc(Cl)c2)on1. The molecule has 0 bridgehead atoms. The number of carbonyl (C=O) groups excluding carboxylic acids is 2. The number of carbonyl (C=O) groups is 2. The van der Waals surface area contributed by atoms with Crippen molar-refractivity contribution in [2.75, 3.05) is 6.61 Å². The van der Waals surface area contributed by atoms with Gasteiger partial charge >= 0.3 is 5.97 Å². The Balaban J connectivity index is 1.84. The Labute approximate surface area is 132 Å². The normalized spacial score (nSPS) is 11.8. The topological polar surface area (TPSA) is 81.4 Å². The number of hydrogen-bond donors (Lipinski definition) is 1. The van der Waals surface area contributed by atoms with E-state index in [-0.39, 0.29) is 11.8 Å². The van der Waals surface area contributed by atoms with Gasteiger partial charge in [-0.05, 0) is 31.5 Å². The van der Waals surface area contributed by atoms with Crippen LogP contribution < -0.4 is 5.32 Å². The van der Waals surface area contributed by atoms with Gasteiger partial charge in [0.25, 0.3) is 5.91 Å². The third kappa shape index (κ3) is 4.33. The van der Waals surface area contributed by atoms with Crippen LogP contribution in [0.5, 0.6) is 0 Å². The van der Waals surface area contributed by atoms with Crippen LogP contribution in [0.2, 0.25) is 5.02 Å². The van der Waals surface area contributed by atoms with E-state index in [4.69, 9.17) is 20.9 Å². The predicted molar refractivity (Wildman–Crippen MR) is 79.5 cm³/mol. The molecule has 0 spiro atoms. The van der Waals surface area contributed by atoms with Gasteiger partial charge in [-0.1, -0.05) is 28.9 Å². The first-order valence-electron chi connectivity index (χ1n) is 6.61. The fourth-order valence-corrected chi connectivity index (χ4v) is 2.00. The summed E-state index contributed by atoms with van der Waals surface area (Å²) >= 11 is 5.90. The smallest absolute Gasteiger partial charge is 0.377 e. The molecule has 1 N–H and O–H groups in total. The quantitative estimate of drug-likeness (QED) is 0.856. The summed E-state index contributed by atoms with van der Waals surface area (Å²) in [6.45, 7) is 3.09. The summed E-state index contributed by atoms with van der Waals surface area (Å²) in [6, 6.07) is 8.34. The summed E-state index contributed by atoms with van der Waals surface area (Å²) in [5.41, 5.74) is 1.42. The number of amides is 1. The van der Waals surface area contributed by atoms with Crippen LogP contribution in [0.3, 0.4) is 0 Å². The Hall–Kier alpha value is -2.34. The molecular weight excluding hydrogens is 308 g/mol. The fraction of sp³-hybridized carbons (Fsp3) is 0.267. The molecule has 0 radical (unpaired) electrons. The van der Waals surface area contributed by atoms with Gasteiger partial charge in [-0.15, -0.1) is 0 Å². The van der Waals surface area contributed by atoms with Crippen molar-refractivity contribution in [2.45, 2.75) is 19.9 Å². The highest BCUT2D eigenvalue weighted by Gasteiger charge is 2.16. The van der Waals surface area contributed by atoms with E-state index in [9.17, 15) is 9.59 Å². The highest BCUT2D eigenvalue weighted by molar-refractivity contribution is 6.30. The van der Waals surface area contributed by atoms with Crippen molar-refractivity contribution in [3.8, 4) is 0 Å². The second-order valence-corrected chi connectivity index (χ2v) is 5.19. The van der Waals surface area contributed by atoms with Crippen LogP contribution in [0.4, 0.5) is 0 Å². The molecule has 1 heterocycles. The summed E-state index contributed by atoms with van der Waals surface area (Å²) in [5.74, 6) is -1.18. The maximum absolute atomic E-state index is 11.8. The van der Waals surface area contributed by atoms with Crippen molar-refractivity contribution in [1.82, 2.24) is 10.5 Å². The Morgan fingerprint density at radius 3 is 2.82 bits per heavy atom. The summed E-state index contributed by atoms with van der Waals surface area (Å²) in [4.78, 5) is 23.4. The third-order valence-electron chi connectivity index (χ3n) is 2.89. The number of nitrogens with zero attached hydrogens (tertiary/aromatic N) is 1. The third-order valence-corrected chi connectivity index (χ3v) is 3.12. The van der Waals surface area contributed by atoms with Gasteiger partial charge in [0.15, 0.2) is 6.61 Å². The van der Waals surface area contributed by atoms with Gasteiger partial charge in [0, 0.05) is 11.1 Å². The zero-order valence-electron chi connectivity index (χ0n) is 12.1. The van der Waals surface area contributed by atoms with Gasteiger partial charge in [-0.2, -0.15) is 0 Å². The van der Waals surface area contributed by atoms with Crippen molar-refractivity contribution >= 4 is 23.5 Å². The van der Waals surface area contributed by atoms with E-state index in [1.807, 2.05) is 13.0 Å². The second-order valence-electron chi connectivity index (χ2n) is 4.75. The highest BCUT2D eigenvalue weighted by Crippen LogP contribution is 2.17. The van der Waals surface area contributed by atoms with Crippen LogP contribution in [-0.4, -0.2) is 23.6 Å². The van der Waals surface area contributed by atoms with E-state index < -0.39 is 18.5 Å². The second kappa shape index (κ2) is 7.09. The molecule has 1 atom stereocenters. The van der Waals surface area contributed by atoms with Crippen LogP contribution in [0, 0.1) is 6.92 Å². The van der Waals surface area contributed by atoms with Crippen LogP contribution in [0.15, 0.2) is 34.9 Å². The summed E-state index contributed by atoms with van der Waals surface area (Å²) in [6.07, 6.45) is 0. The van der Waals surface area contributed by atoms with Gasteiger partial charge in [-0.25, -0.2) is 4.79 Å². The Bertz CT molecular complexity index is 684. The van der Waals surface area contributed by atoms with Gasteiger partial charge in [0.05, 0.1) is 11.7 Å². The molecule has 0 aliphatic heterocycles. The van der Waals surface area contributed by atoms with Crippen molar-refractivity contribution in [3.63, 3.8) is 0 Å². The minimum absolute atomic E-state index is 0.0341. The maximum atomic E-state index is 11.8. The molecule has 7 heteroatoms. The number of benzene rings is 1. The molecule has 2 aromatic rings. The monoisotopic (exact) mass is 322 g/mol. The van der Waals surface area contributed by atoms with Gasteiger partial charge < -0.3 is 14.6 Å². The van der Waals surface area contributed by atoms with Crippen LogP contribution >= 0.6 is 11.6 Å². The van der Waals surface area contributed by atoms with Crippen LogP contribution in [0.25, 0.3) is 0 Å². The number of halogens is 1. The molecule has 1 aromatic heterocycles. The molecule has 1 amide bonds. The number of hydrogen-bond acceptors (Lipinski definition) is 5. The lowest BCUT2D eigenvalue weighted by atomic mass is 10.1. The molecule has 0 fully saturated rings. The molecule has 0 unspecified atom stereocenters. The van der Waals surface area contributed by atoms with E-state index in [2.05, 4.69) is 10.5 Å². The molecule has 116 valence electrons. The maximum Gasteiger partial charge on any atom is 0.377 e. The van der Waals surface area contributed by atoms with E-state index in [0.29, 0.717) is 10.7 Å². The molecule has 22 heavy (non-hydrogen) atoms. The lowest BCUT2D eigenvalue weighted by molar-refractivity contribution is -0.124. The number of ether oxygens (including phenoxy) is 1. The Kier molecular flexibility index (Phi) is 5.16. The van der Waals surface area contributed by atoms with Crippen molar-refractivity contribution in [2.24, 2.45) is 0 Å². The minimum Gasteiger partial charge on any atom is -0.450 e. The molecule has 0 saturated heterocycles. The first-order valence-corrected chi connectivity index (χ1v) is 6.99. The van der Waals surface area contributed by atoms with E-state index in [1.54, 1.807) is 25.1 Å². The van der Waals surface area contributed by atoms with Crippen LogP contribution in [0.1, 0.15) is 34.8 Å². The molecule has 2 rings (SSSR count). The molecule has 0 saturated carbocycles. The summed E-state index contributed by atoms with van der Waals surface area (Å²) in [5, 5.41) is 6.88. The summed E-state index contributed by atoms with van der Waals surface area (Å²) < 4.78 is 9.60. The number of aromatic nitrogens is 1. The number of nitrogens with one attached hydrogen (secondary N) is 1. The first-order chi connectivity index (χ1) is 10.5. The van der Waals surface area contributed by atoms with Gasteiger partial charge in [0.1, 0.15) is 0 Å². The van der Waals surface area contributed by atoms with E-state index >= 15 is 0 Å².